The number of amides is 1. The number of hydrogen-bond acceptors (Lipinski definition) is 6. The van der Waals surface area contributed by atoms with Gasteiger partial charge in [-0.2, -0.15) is 15.3 Å². The van der Waals surface area contributed by atoms with Crippen LogP contribution >= 0.6 is 0 Å². The van der Waals surface area contributed by atoms with Crippen LogP contribution in [0.25, 0.3) is 0 Å². The first-order valence-corrected chi connectivity index (χ1v) is 5.85. The Bertz CT molecular complexity index is 652. The van der Waals surface area contributed by atoms with Crippen LogP contribution in [0.4, 0.5) is 5.69 Å². The molecule has 2 heterocycles. The third-order valence-electron chi connectivity index (χ3n) is 2.69. The van der Waals surface area contributed by atoms with Crippen LogP contribution in [0.5, 0.6) is 0 Å². The van der Waals surface area contributed by atoms with Crippen molar-refractivity contribution in [2.45, 2.75) is 19.9 Å². The number of aromatic nitrogens is 4. The molecule has 9 heteroatoms. The lowest BCUT2D eigenvalue weighted by molar-refractivity contribution is -0.385. The van der Waals surface area contributed by atoms with Crippen molar-refractivity contribution in [2.75, 3.05) is 0 Å². The van der Waals surface area contributed by atoms with Crippen LogP contribution in [-0.4, -0.2) is 30.8 Å². The Hall–Kier alpha value is -2.84. The molecule has 1 amide bonds. The molecule has 9 nitrogen and oxygen atoms in total. The van der Waals surface area contributed by atoms with Gasteiger partial charge in [0, 0.05) is 6.20 Å². The minimum Gasteiger partial charge on any atom is -0.364 e. The van der Waals surface area contributed by atoms with Gasteiger partial charge in [-0.25, -0.2) is 4.68 Å². The van der Waals surface area contributed by atoms with E-state index in [0.29, 0.717) is 12.1 Å². The molecule has 2 rings (SSSR count). The van der Waals surface area contributed by atoms with Crippen molar-refractivity contribution < 1.29 is 9.72 Å². The molecular weight excluding hydrogens is 264 g/mol. The number of nitrogens with two attached hydrogens (primary N) is 1. The Labute approximate surface area is 113 Å². The second-order valence-electron chi connectivity index (χ2n) is 3.99. The minimum absolute atomic E-state index is 0.0902. The summed E-state index contributed by atoms with van der Waals surface area (Å²) in [4.78, 5) is 21.9. The lowest BCUT2D eigenvalue weighted by Crippen LogP contribution is -2.20. The number of aryl methyl sites for hydroxylation is 1. The second-order valence-corrected chi connectivity index (χ2v) is 3.99. The standard InChI is InChI=1S/C11H12N6O3/c1-2-8-9(17(19)20)10(11(12)18)16(15-8)6-7-4-3-5-13-14-7/h3-5H,2,6H2,1H3,(H2,12,18). The molecule has 0 unspecified atom stereocenters. The summed E-state index contributed by atoms with van der Waals surface area (Å²) in [6, 6.07) is 3.35. The van der Waals surface area contributed by atoms with Crippen LogP contribution in [-0.2, 0) is 13.0 Å². The summed E-state index contributed by atoms with van der Waals surface area (Å²) in [5.74, 6) is -0.896. The summed E-state index contributed by atoms with van der Waals surface area (Å²) >= 11 is 0. The van der Waals surface area contributed by atoms with Crippen molar-refractivity contribution in [1.82, 2.24) is 20.0 Å². The van der Waals surface area contributed by atoms with Gasteiger partial charge in [0.1, 0.15) is 5.69 Å². The maximum absolute atomic E-state index is 11.5. The zero-order chi connectivity index (χ0) is 14.7. The van der Waals surface area contributed by atoms with Gasteiger partial charge in [0.05, 0.1) is 17.2 Å². The number of rotatable bonds is 5. The lowest BCUT2D eigenvalue weighted by Gasteiger charge is -2.02. The molecule has 2 aromatic rings. The first-order chi connectivity index (χ1) is 9.54. The molecule has 0 aliphatic carbocycles. The highest BCUT2D eigenvalue weighted by Gasteiger charge is 2.30. The van der Waals surface area contributed by atoms with E-state index in [1.54, 1.807) is 19.1 Å². The highest BCUT2D eigenvalue weighted by molar-refractivity contribution is 5.95. The van der Waals surface area contributed by atoms with E-state index in [2.05, 4.69) is 15.3 Å². The zero-order valence-corrected chi connectivity index (χ0v) is 10.7. The van der Waals surface area contributed by atoms with Gasteiger partial charge >= 0.3 is 5.69 Å². The summed E-state index contributed by atoms with van der Waals surface area (Å²) in [7, 11) is 0. The van der Waals surface area contributed by atoms with E-state index in [1.165, 1.54) is 10.9 Å². The Balaban J connectivity index is 2.53. The van der Waals surface area contributed by atoms with Gasteiger partial charge in [-0.3, -0.25) is 14.9 Å². The van der Waals surface area contributed by atoms with E-state index < -0.39 is 10.8 Å². The minimum atomic E-state index is -0.896. The van der Waals surface area contributed by atoms with E-state index in [1.807, 2.05) is 0 Å². The average molecular weight is 276 g/mol. The van der Waals surface area contributed by atoms with Crippen LogP contribution in [0.3, 0.4) is 0 Å². The Kier molecular flexibility index (Phi) is 3.69. The summed E-state index contributed by atoms with van der Waals surface area (Å²) in [6.07, 6.45) is 1.82. The predicted octanol–water partition coefficient (Wildman–Crippen LogP) is 0.291. The topological polar surface area (TPSA) is 130 Å². The molecule has 104 valence electrons. The molecule has 0 fully saturated rings. The monoisotopic (exact) mass is 276 g/mol. The quantitative estimate of drug-likeness (QED) is 0.617. The van der Waals surface area contributed by atoms with Gasteiger partial charge in [0.25, 0.3) is 5.91 Å². The molecule has 0 aromatic carbocycles. The second kappa shape index (κ2) is 5.43. The molecule has 0 aliphatic rings. The van der Waals surface area contributed by atoms with Crippen LogP contribution < -0.4 is 5.73 Å². The molecule has 0 saturated heterocycles. The highest BCUT2D eigenvalue weighted by atomic mass is 16.6. The third-order valence-corrected chi connectivity index (χ3v) is 2.69. The maximum Gasteiger partial charge on any atom is 0.323 e. The van der Waals surface area contributed by atoms with Gasteiger partial charge < -0.3 is 5.73 Å². The first-order valence-electron chi connectivity index (χ1n) is 5.85. The summed E-state index contributed by atoms with van der Waals surface area (Å²) in [6.45, 7) is 1.81. The molecular formula is C11H12N6O3. The molecule has 0 atom stereocenters. The van der Waals surface area contributed by atoms with Crippen molar-refractivity contribution in [3.63, 3.8) is 0 Å². The maximum atomic E-state index is 11.5. The fourth-order valence-corrected chi connectivity index (χ4v) is 1.86. The lowest BCUT2D eigenvalue weighted by atomic mass is 10.2. The largest absolute Gasteiger partial charge is 0.364 e. The summed E-state index contributed by atoms with van der Waals surface area (Å²) in [5.41, 5.74) is 5.41. The average Bonchev–Trinajstić information content (AvgIpc) is 2.78. The normalized spacial score (nSPS) is 10.4. The molecule has 0 aliphatic heterocycles. The summed E-state index contributed by atoms with van der Waals surface area (Å²) < 4.78 is 1.20. The van der Waals surface area contributed by atoms with Crippen molar-refractivity contribution >= 4 is 11.6 Å². The Morgan fingerprint density at radius 2 is 2.30 bits per heavy atom. The number of primary amides is 1. The molecule has 0 saturated carbocycles. The molecule has 20 heavy (non-hydrogen) atoms. The van der Waals surface area contributed by atoms with Crippen LogP contribution in [0.15, 0.2) is 18.3 Å². The van der Waals surface area contributed by atoms with Gasteiger partial charge in [-0.1, -0.05) is 6.92 Å². The van der Waals surface area contributed by atoms with Gasteiger partial charge in [0.15, 0.2) is 0 Å². The van der Waals surface area contributed by atoms with Gasteiger partial charge in [0.2, 0.25) is 5.69 Å². The number of nitro groups is 1. The Morgan fingerprint density at radius 1 is 1.55 bits per heavy atom. The smallest absolute Gasteiger partial charge is 0.323 e. The fourth-order valence-electron chi connectivity index (χ4n) is 1.86. The number of carbonyl (C=O) groups excluding carboxylic acids is 1. The van der Waals surface area contributed by atoms with E-state index >= 15 is 0 Å². The van der Waals surface area contributed by atoms with Crippen molar-refractivity contribution in [3.8, 4) is 0 Å². The third kappa shape index (κ3) is 2.46. The first kappa shape index (κ1) is 13.6. The van der Waals surface area contributed by atoms with E-state index in [9.17, 15) is 14.9 Å². The van der Waals surface area contributed by atoms with Crippen molar-refractivity contribution in [1.29, 1.82) is 0 Å². The van der Waals surface area contributed by atoms with E-state index in [0.717, 1.165) is 0 Å². The fraction of sp³-hybridized carbons (Fsp3) is 0.273. The van der Waals surface area contributed by atoms with Crippen LogP contribution in [0.2, 0.25) is 0 Å². The highest BCUT2D eigenvalue weighted by Crippen LogP contribution is 2.24. The van der Waals surface area contributed by atoms with Crippen LogP contribution in [0, 0.1) is 10.1 Å². The van der Waals surface area contributed by atoms with Gasteiger partial charge in [-0.05, 0) is 18.6 Å². The summed E-state index contributed by atoms with van der Waals surface area (Å²) in [5, 5.41) is 22.7. The number of carbonyl (C=O) groups is 1. The van der Waals surface area contributed by atoms with E-state index in [-0.39, 0.29) is 23.6 Å². The molecule has 2 aromatic heterocycles. The van der Waals surface area contributed by atoms with E-state index in [4.69, 9.17) is 5.73 Å². The van der Waals surface area contributed by atoms with Crippen LogP contribution in [0.1, 0.15) is 28.8 Å². The van der Waals surface area contributed by atoms with Crippen molar-refractivity contribution in [2.24, 2.45) is 5.73 Å². The Morgan fingerprint density at radius 3 is 2.80 bits per heavy atom. The molecule has 0 bridgehead atoms. The molecule has 0 radical (unpaired) electrons. The molecule has 0 spiro atoms. The number of nitrogens with zero attached hydrogens (tertiary/aromatic N) is 5. The zero-order valence-electron chi connectivity index (χ0n) is 10.7. The SMILES string of the molecule is CCc1nn(Cc2cccnn2)c(C(N)=O)c1[N+](=O)[O-]. The molecule has 2 N–H and O–H groups in total. The number of hydrogen-bond donors (Lipinski definition) is 1. The predicted molar refractivity (Wildman–Crippen MR) is 67.9 cm³/mol. The van der Waals surface area contributed by atoms with Crippen molar-refractivity contribution in [3.05, 3.63) is 45.5 Å². The van der Waals surface area contributed by atoms with Gasteiger partial charge in [-0.15, -0.1) is 0 Å².